The number of fused-ring (bicyclic) bond motifs is 3. The van der Waals surface area contributed by atoms with E-state index in [1.165, 1.54) is 34.6 Å². The molecule has 2 aromatic carbocycles. The van der Waals surface area contributed by atoms with Gasteiger partial charge in [-0.05, 0) is 67.6 Å². The van der Waals surface area contributed by atoms with E-state index in [9.17, 15) is 0 Å². The number of nitrogens with one attached hydrogen (secondary N) is 1. The summed E-state index contributed by atoms with van der Waals surface area (Å²) in [7, 11) is 0. The zero-order chi connectivity index (χ0) is 14.9. The molecule has 0 atom stereocenters. The first kappa shape index (κ1) is 14.4. The standard InChI is InChI=1S/C18H19ClN2S/c19-14-5-6-15-16-3-1-2-4-18(16)22-21(17(15)11-14)12-13-7-9-20-10-8-13/h1-6,11,13,20H,7-10,12H2. The molecule has 2 aromatic rings. The van der Waals surface area contributed by atoms with Crippen molar-refractivity contribution in [2.75, 3.05) is 23.9 Å². The number of benzene rings is 2. The van der Waals surface area contributed by atoms with Crippen LogP contribution in [0.4, 0.5) is 5.69 Å². The minimum absolute atomic E-state index is 0.755. The maximum atomic E-state index is 6.27. The summed E-state index contributed by atoms with van der Waals surface area (Å²) in [6, 6.07) is 14.9. The zero-order valence-corrected chi connectivity index (χ0v) is 14.0. The van der Waals surface area contributed by atoms with E-state index in [-0.39, 0.29) is 0 Å². The molecule has 0 spiro atoms. The number of piperidine rings is 1. The van der Waals surface area contributed by atoms with E-state index >= 15 is 0 Å². The predicted octanol–water partition coefficient (Wildman–Crippen LogP) is 4.83. The van der Waals surface area contributed by atoms with Gasteiger partial charge in [0.15, 0.2) is 0 Å². The fourth-order valence-electron chi connectivity index (χ4n) is 3.31. The highest BCUT2D eigenvalue weighted by atomic mass is 35.5. The average Bonchev–Trinajstić information content (AvgIpc) is 2.56. The van der Waals surface area contributed by atoms with Gasteiger partial charge >= 0.3 is 0 Å². The quantitative estimate of drug-likeness (QED) is 0.794. The second-order valence-electron chi connectivity index (χ2n) is 6.00. The number of hydrogen-bond donors (Lipinski definition) is 1. The summed E-state index contributed by atoms with van der Waals surface area (Å²) in [5.41, 5.74) is 3.88. The third kappa shape index (κ3) is 2.73. The van der Waals surface area contributed by atoms with Crippen LogP contribution in [0.25, 0.3) is 11.1 Å². The lowest BCUT2D eigenvalue weighted by molar-refractivity contribution is 0.384. The molecule has 4 heteroatoms. The molecule has 0 unspecified atom stereocenters. The summed E-state index contributed by atoms with van der Waals surface area (Å²) in [5, 5.41) is 4.26. The maximum absolute atomic E-state index is 6.27. The van der Waals surface area contributed by atoms with E-state index in [1.807, 2.05) is 18.0 Å². The lowest BCUT2D eigenvalue weighted by Gasteiger charge is -2.35. The Morgan fingerprint density at radius 3 is 2.77 bits per heavy atom. The van der Waals surface area contributed by atoms with Crippen LogP contribution in [0.5, 0.6) is 0 Å². The normalized spacial score (nSPS) is 18.0. The molecule has 0 aromatic heterocycles. The van der Waals surface area contributed by atoms with Crippen LogP contribution in [0.3, 0.4) is 0 Å². The second-order valence-corrected chi connectivity index (χ2v) is 7.50. The molecule has 0 radical (unpaired) electrons. The summed E-state index contributed by atoms with van der Waals surface area (Å²) in [5.74, 6) is 0.755. The lowest BCUT2D eigenvalue weighted by atomic mass is 9.97. The summed E-state index contributed by atoms with van der Waals surface area (Å²) in [4.78, 5) is 1.34. The molecule has 22 heavy (non-hydrogen) atoms. The Balaban J connectivity index is 1.70. The highest BCUT2D eigenvalue weighted by Gasteiger charge is 2.26. The van der Waals surface area contributed by atoms with E-state index < -0.39 is 0 Å². The Kier molecular flexibility index (Phi) is 4.03. The molecule has 2 nitrogen and oxygen atoms in total. The average molecular weight is 331 g/mol. The van der Waals surface area contributed by atoms with E-state index in [0.717, 1.165) is 30.6 Å². The minimum atomic E-state index is 0.755. The van der Waals surface area contributed by atoms with Gasteiger partial charge in [-0.1, -0.05) is 35.9 Å². The lowest BCUT2D eigenvalue weighted by Crippen LogP contribution is -2.34. The molecule has 1 N–H and O–H groups in total. The number of halogens is 1. The van der Waals surface area contributed by atoms with Crippen LogP contribution in [0.15, 0.2) is 47.4 Å². The highest BCUT2D eigenvalue weighted by molar-refractivity contribution is 8.01. The van der Waals surface area contributed by atoms with Crippen LogP contribution in [-0.2, 0) is 0 Å². The van der Waals surface area contributed by atoms with Crippen LogP contribution < -0.4 is 9.62 Å². The fourth-order valence-corrected chi connectivity index (χ4v) is 4.66. The fraction of sp³-hybridized carbons (Fsp3) is 0.333. The molecule has 2 aliphatic heterocycles. The van der Waals surface area contributed by atoms with Crippen molar-refractivity contribution in [3.8, 4) is 11.1 Å². The molecular formula is C18H19ClN2S. The monoisotopic (exact) mass is 330 g/mol. The molecule has 2 aliphatic rings. The Bertz CT molecular complexity index is 683. The molecule has 1 fully saturated rings. The summed E-state index contributed by atoms with van der Waals surface area (Å²) < 4.78 is 2.44. The Hall–Kier alpha value is -1.16. The van der Waals surface area contributed by atoms with Crippen molar-refractivity contribution in [2.45, 2.75) is 17.7 Å². The van der Waals surface area contributed by atoms with Crippen molar-refractivity contribution in [3.05, 3.63) is 47.5 Å². The van der Waals surface area contributed by atoms with Gasteiger partial charge in [0.1, 0.15) is 0 Å². The van der Waals surface area contributed by atoms with Crippen molar-refractivity contribution < 1.29 is 0 Å². The maximum Gasteiger partial charge on any atom is 0.0566 e. The van der Waals surface area contributed by atoms with Gasteiger partial charge in [-0.2, -0.15) is 0 Å². The van der Waals surface area contributed by atoms with Gasteiger partial charge in [0.2, 0.25) is 0 Å². The van der Waals surface area contributed by atoms with Gasteiger partial charge in [-0.3, -0.25) is 0 Å². The summed E-state index contributed by atoms with van der Waals surface area (Å²) >= 11 is 8.12. The van der Waals surface area contributed by atoms with Gasteiger partial charge in [0, 0.05) is 22.0 Å². The Labute approximate surface area is 141 Å². The second kappa shape index (κ2) is 6.15. The molecule has 114 valence electrons. The van der Waals surface area contributed by atoms with E-state index in [1.54, 1.807) is 0 Å². The summed E-state index contributed by atoms with van der Waals surface area (Å²) in [6.07, 6.45) is 2.52. The van der Waals surface area contributed by atoms with Crippen LogP contribution in [-0.4, -0.2) is 19.6 Å². The van der Waals surface area contributed by atoms with Crippen molar-refractivity contribution >= 4 is 29.2 Å². The van der Waals surface area contributed by atoms with Gasteiger partial charge < -0.3 is 9.62 Å². The topological polar surface area (TPSA) is 15.3 Å². The number of nitrogens with zero attached hydrogens (tertiary/aromatic N) is 1. The van der Waals surface area contributed by atoms with Crippen LogP contribution in [0, 0.1) is 5.92 Å². The molecule has 0 bridgehead atoms. The predicted molar refractivity (Wildman–Crippen MR) is 95.7 cm³/mol. The first-order valence-electron chi connectivity index (χ1n) is 7.86. The molecule has 0 aliphatic carbocycles. The first-order valence-corrected chi connectivity index (χ1v) is 9.01. The largest absolute Gasteiger partial charge is 0.317 e. The van der Waals surface area contributed by atoms with E-state index in [0.29, 0.717) is 0 Å². The van der Waals surface area contributed by atoms with Gasteiger partial charge in [0.05, 0.1) is 5.69 Å². The van der Waals surface area contributed by atoms with Crippen LogP contribution in [0.1, 0.15) is 12.8 Å². The third-order valence-corrected chi connectivity index (χ3v) is 5.85. The van der Waals surface area contributed by atoms with Crippen molar-refractivity contribution in [1.29, 1.82) is 0 Å². The SMILES string of the molecule is Clc1ccc2c(c1)N(CC1CCNCC1)Sc1ccccc1-2. The Morgan fingerprint density at radius 1 is 1.09 bits per heavy atom. The van der Waals surface area contributed by atoms with Crippen LogP contribution >= 0.6 is 23.5 Å². The van der Waals surface area contributed by atoms with Crippen molar-refractivity contribution in [2.24, 2.45) is 5.92 Å². The van der Waals surface area contributed by atoms with E-state index in [4.69, 9.17) is 11.6 Å². The summed E-state index contributed by atoms with van der Waals surface area (Å²) in [6.45, 7) is 3.37. The minimum Gasteiger partial charge on any atom is -0.317 e. The highest BCUT2D eigenvalue weighted by Crippen LogP contribution is 2.47. The third-order valence-electron chi connectivity index (χ3n) is 4.50. The molecule has 2 heterocycles. The smallest absolute Gasteiger partial charge is 0.0566 e. The molecule has 1 saturated heterocycles. The first-order chi connectivity index (χ1) is 10.8. The van der Waals surface area contributed by atoms with Crippen molar-refractivity contribution in [1.82, 2.24) is 5.32 Å². The Morgan fingerprint density at radius 2 is 1.91 bits per heavy atom. The van der Waals surface area contributed by atoms with Crippen LogP contribution in [0.2, 0.25) is 5.02 Å². The van der Waals surface area contributed by atoms with Gasteiger partial charge in [-0.25, -0.2) is 0 Å². The zero-order valence-electron chi connectivity index (χ0n) is 12.4. The number of anilines is 1. The molecule has 0 amide bonds. The van der Waals surface area contributed by atoms with Gasteiger partial charge in [0.25, 0.3) is 0 Å². The van der Waals surface area contributed by atoms with Crippen molar-refractivity contribution in [3.63, 3.8) is 0 Å². The molecule has 0 saturated carbocycles. The number of rotatable bonds is 2. The van der Waals surface area contributed by atoms with Gasteiger partial charge in [-0.15, -0.1) is 0 Å². The van der Waals surface area contributed by atoms with E-state index in [2.05, 4.69) is 46.0 Å². The molecule has 4 rings (SSSR count). The molecular weight excluding hydrogens is 312 g/mol. The number of hydrogen-bond acceptors (Lipinski definition) is 3.